The molecular weight excluding hydrogens is 416 g/mol. The fourth-order valence-electron chi connectivity index (χ4n) is 4.97. The van der Waals surface area contributed by atoms with Gasteiger partial charge >= 0.3 is 0 Å². The summed E-state index contributed by atoms with van der Waals surface area (Å²) in [4.78, 5) is 9.69. The minimum absolute atomic E-state index is 0.000367. The number of morpholine rings is 1. The predicted molar refractivity (Wildman–Crippen MR) is 130 cm³/mol. The number of aryl methyl sites for hydroxylation is 2. The minimum atomic E-state index is -0.000367. The fraction of sp³-hybridized carbons (Fsp3) is 0.480. The van der Waals surface area contributed by atoms with Crippen molar-refractivity contribution in [2.45, 2.75) is 32.9 Å². The van der Waals surface area contributed by atoms with Gasteiger partial charge in [0.25, 0.3) is 0 Å². The molecular formula is C25H32N6O2. The van der Waals surface area contributed by atoms with Crippen LogP contribution in [0.5, 0.6) is 5.75 Å². The predicted octanol–water partition coefficient (Wildman–Crippen LogP) is 3.34. The van der Waals surface area contributed by atoms with Gasteiger partial charge in [0.15, 0.2) is 5.82 Å². The van der Waals surface area contributed by atoms with Crippen molar-refractivity contribution >= 4 is 22.4 Å². The van der Waals surface area contributed by atoms with Gasteiger partial charge in [-0.15, -0.1) is 5.10 Å². The number of nitrogens with one attached hydrogen (secondary N) is 1. The van der Waals surface area contributed by atoms with Crippen molar-refractivity contribution in [3.8, 4) is 5.75 Å². The van der Waals surface area contributed by atoms with Gasteiger partial charge in [0.05, 0.1) is 38.1 Å². The molecule has 2 aliphatic rings. The molecule has 2 aromatic heterocycles. The number of para-hydroxylation sites is 1. The molecule has 0 unspecified atom stereocenters. The molecule has 2 atom stereocenters. The summed E-state index contributed by atoms with van der Waals surface area (Å²) in [7, 11) is 1.72. The number of hydrogen-bond donors (Lipinski definition) is 1. The lowest BCUT2D eigenvalue weighted by atomic mass is 10.0. The lowest BCUT2D eigenvalue weighted by Crippen LogP contribution is -2.58. The Labute approximate surface area is 194 Å². The van der Waals surface area contributed by atoms with Crippen LogP contribution in [0.1, 0.15) is 29.8 Å². The van der Waals surface area contributed by atoms with Gasteiger partial charge in [-0.05, 0) is 32.4 Å². The summed E-state index contributed by atoms with van der Waals surface area (Å²) in [6.07, 6.45) is 1.93. The molecule has 3 aromatic rings. The number of methoxy groups -OCH3 is 1. The topological polar surface area (TPSA) is 75.6 Å². The van der Waals surface area contributed by atoms with Crippen LogP contribution in [0.25, 0.3) is 10.8 Å². The lowest BCUT2D eigenvalue weighted by Gasteiger charge is -2.44. The minimum Gasteiger partial charge on any atom is -0.496 e. The average molecular weight is 449 g/mol. The van der Waals surface area contributed by atoms with E-state index in [1.54, 1.807) is 7.11 Å². The van der Waals surface area contributed by atoms with Gasteiger partial charge in [-0.3, -0.25) is 4.90 Å². The third-order valence-electron chi connectivity index (χ3n) is 6.86. The van der Waals surface area contributed by atoms with E-state index in [0.717, 1.165) is 84.4 Å². The summed E-state index contributed by atoms with van der Waals surface area (Å²) in [6, 6.07) is 8.78. The summed E-state index contributed by atoms with van der Waals surface area (Å²) in [6.45, 7) is 11.7. The summed E-state index contributed by atoms with van der Waals surface area (Å²) >= 11 is 0. The first-order valence-corrected chi connectivity index (χ1v) is 11.6. The molecule has 0 spiro atoms. The third-order valence-corrected chi connectivity index (χ3v) is 6.86. The van der Waals surface area contributed by atoms with Gasteiger partial charge in [0.2, 0.25) is 0 Å². The monoisotopic (exact) mass is 448 g/mol. The Kier molecular flexibility index (Phi) is 6.03. The molecule has 0 bridgehead atoms. The zero-order chi connectivity index (χ0) is 22.9. The fourth-order valence-corrected chi connectivity index (χ4v) is 4.97. The maximum Gasteiger partial charge on any atom is 0.157 e. The molecule has 8 heteroatoms. The SMILES string of the molecule is COc1c(C)cccc1[C@@H](C)Nc1nnc(C)c2cnc(N3CCN4CCOC[C@@H]4C3)cc12. The first-order valence-electron chi connectivity index (χ1n) is 11.6. The molecule has 2 saturated heterocycles. The second kappa shape index (κ2) is 9.11. The van der Waals surface area contributed by atoms with Gasteiger partial charge in [0.1, 0.15) is 11.6 Å². The molecule has 0 aliphatic carbocycles. The highest BCUT2D eigenvalue weighted by Crippen LogP contribution is 2.33. The first-order chi connectivity index (χ1) is 16.0. The zero-order valence-electron chi connectivity index (χ0n) is 19.8. The number of ether oxygens (including phenoxy) is 2. The zero-order valence-corrected chi connectivity index (χ0v) is 19.8. The molecule has 0 radical (unpaired) electrons. The Morgan fingerprint density at radius 1 is 1.15 bits per heavy atom. The third kappa shape index (κ3) is 4.20. The van der Waals surface area contributed by atoms with Crippen LogP contribution in [-0.4, -0.2) is 72.6 Å². The maximum atomic E-state index is 5.71. The highest BCUT2D eigenvalue weighted by molar-refractivity contribution is 5.94. The number of benzene rings is 1. The maximum absolute atomic E-state index is 5.71. The summed E-state index contributed by atoms with van der Waals surface area (Å²) in [5, 5.41) is 14.5. The van der Waals surface area contributed by atoms with Crippen molar-refractivity contribution in [3.05, 3.63) is 47.3 Å². The number of hydrogen-bond acceptors (Lipinski definition) is 8. The van der Waals surface area contributed by atoms with Crippen molar-refractivity contribution in [1.82, 2.24) is 20.1 Å². The van der Waals surface area contributed by atoms with Gasteiger partial charge < -0.3 is 19.7 Å². The molecule has 5 rings (SSSR count). The highest BCUT2D eigenvalue weighted by Gasteiger charge is 2.30. The van der Waals surface area contributed by atoms with E-state index in [1.807, 2.05) is 13.1 Å². The van der Waals surface area contributed by atoms with E-state index in [2.05, 4.69) is 63.4 Å². The Balaban J connectivity index is 1.46. The van der Waals surface area contributed by atoms with Gasteiger partial charge in [-0.2, -0.15) is 5.10 Å². The van der Waals surface area contributed by atoms with Crippen molar-refractivity contribution in [1.29, 1.82) is 0 Å². The van der Waals surface area contributed by atoms with Crippen LogP contribution >= 0.6 is 0 Å². The second-order valence-electron chi connectivity index (χ2n) is 9.00. The van der Waals surface area contributed by atoms with Crippen molar-refractivity contribution in [3.63, 3.8) is 0 Å². The van der Waals surface area contributed by atoms with E-state index >= 15 is 0 Å². The molecule has 0 saturated carbocycles. The first kappa shape index (κ1) is 21.9. The number of pyridine rings is 1. The summed E-state index contributed by atoms with van der Waals surface area (Å²) in [5.74, 6) is 2.63. The number of anilines is 2. The smallest absolute Gasteiger partial charge is 0.157 e. The van der Waals surface area contributed by atoms with Crippen molar-refractivity contribution in [2.75, 3.05) is 56.7 Å². The largest absolute Gasteiger partial charge is 0.496 e. The van der Waals surface area contributed by atoms with E-state index in [4.69, 9.17) is 14.5 Å². The molecule has 174 valence electrons. The van der Waals surface area contributed by atoms with Crippen LogP contribution in [0.4, 0.5) is 11.6 Å². The Morgan fingerprint density at radius 2 is 2.03 bits per heavy atom. The van der Waals surface area contributed by atoms with E-state index in [0.29, 0.717) is 6.04 Å². The Morgan fingerprint density at radius 3 is 2.88 bits per heavy atom. The summed E-state index contributed by atoms with van der Waals surface area (Å²) < 4.78 is 11.4. The molecule has 2 aliphatic heterocycles. The van der Waals surface area contributed by atoms with Crippen LogP contribution in [0.2, 0.25) is 0 Å². The standard InChI is InChI=1S/C25H32N6O2/c1-16-6-5-7-20(24(16)32-4)17(2)27-25-21-12-23(26-13-22(21)18(3)28-29-25)31-9-8-30-10-11-33-15-19(30)14-31/h5-7,12-13,17,19H,8-11,14-15H2,1-4H3,(H,27,29)/t17-,19+/m1/s1. The number of piperazine rings is 1. The number of aromatic nitrogens is 3. The van der Waals surface area contributed by atoms with E-state index < -0.39 is 0 Å². The summed E-state index contributed by atoms with van der Waals surface area (Å²) in [5.41, 5.74) is 3.08. The van der Waals surface area contributed by atoms with Crippen LogP contribution in [0.3, 0.4) is 0 Å². The van der Waals surface area contributed by atoms with Crippen LogP contribution in [0, 0.1) is 13.8 Å². The van der Waals surface area contributed by atoms with E-state index in [1.165, 1.54) is 0 Å². The normalized spacial score (nSPS) is 19.9. The van der Waals surface area contributed by atoms with E-state index in [9.17, 15) is 0 Å². The molecule has 4 heterocycles. The Bertz CT molecular complexity index is 1150. The molecule has 2 fully saturated rings. The van der Waals surface area contributed by atoms with Gasteiger partial charge in [-0.1, -0.05) is 18.2 Å². The highest BCUT2D eigenvalue weighted by atomic mass is 16.5. The molecule has 8 nitrogen and oxygen atoms in total. The van der Waals surface area contributed by atoms with Gasteiger partial charge in [-0.25, -0.2) is 4.98 Å². The van der Waals surface area contributed by atoms with E-state index in [-0.39, 0.29) is 6.04 Å². The van der Waals surface area contributed by atoms with Crippen LogP contribution in [0.15, 0.2) is 30.5 Å². The van der Waals surface area contributed by atoms with Crippen molar-refractivity contribution < 1.29 is 9.47 Å². The lowest BCUT2D eigenvalue weighted by molar-refractivity contribution is -0.0117. The number of nitrogens with zero attached hydrogens (tertiary/aromatic N) is 5. The second-order valence-corrected chi connectivity index (χ2v) is 9.00. The number of fused-ring (bicyclic) bond motifs is 2. The van der Waals surface area contributed by atoms with Crippen LogP contribution in [-0.2, 0) is 4.74 Å². The van der Waals surface area contributed by atoms with Crippen molar-refractivity contribution in [2.24, 2.45) is 0 Å². The van der Waals surface area contributed by atoms with Gasteiger partial charge in [0, 0.05) is 48.7 Å². The molecule has 33 heavy (non-hydrogen) atoms. The van der Waals surface area contributed by atoms with Crippen LogP contribution < -0.4 is 15.0 Å². The molecule has 1 N–H and O–H groups in total. The molecule has 0 amide bonds. The number of rotatable bonds is 5. The quantitative estimate of drug-likeness (QED) is 0.637. The molecule has 1 aromatic carbocycles. The average Bonchev–Trinajstić information content (AvgIpc) is 2.85. The Hall–Kier alpha value is -2.97.